The first-order valence-corrected chi connectivity index (χ1v) is 5.07. The fourth-order valence-electron chi connectivity index (χ4n) is 1.85. The van der Waals surface area contributed by atoms with Crippen molar-refractivity contribution in [3.63, 3.8) is 0 Å². The van der Waals surface area contributed by atoms with E-state index in [2.05, 4.69) is 4.98 Å². The maximum Gasteiger partial charge on any atom is 0.152 e. The molecule has 0 fully saturated rings. The van der Waals surface area contributed by atoms with Crippen LogP contribution in [0.25, 0.3) is 10.9 Å². The molecule has 1 aromatic heterocycles. The summed E-state index contributed by atoms with van der Waals surface area (Å²) in [5, 5.41) is 0.884. The van der Waals surface area contributed by atoms with Crippen LogP contribution in [-0.4, -0.2) is 18.4 Å². The summed E-state index contributed by atoms with van der Waals surface area (Å²) in [6.07, 6.45) is 0.835. The third-order valence-corrected chi connectivity index (χ3v) is 2.52. The number of ether oxygens (including phenoxy) is 1. The SMILES string of the molecule is COc1cc(C)nc2c(C=O)cc(C)cc12. The van der Waals surface area contributed by atoms with Crippen molar-refractivity contribution < 1.29 is 9.53 Å². The van der Waals surface area contributed by atoms with Gasteiger partial charge in [0.15, 0.2) is 6.29 Å². The van der Waals surface area contributed by atoms with Gasteiger partial charge in [0.25, 0.3) is 0 Å². The number of methoxy groups -OCH3 is 1. The van der Waals surface area contributed by atoms with E-state index in [4.69, 9.17) is 4.74 Å². The number of aryl methyl sites for hydroxylation is 2. The number of hydrogen-bond donors (Lipinski definition) is 0. The van der Waals surface area contributed by atoms with E-state index in [-0.39, 0.29) is 0 Å². The summed E-state index contributed by atoms with van der Waals surface area (Å²) < 4.78 is 5.31. The summed E-state index contributed by atoms with van der Waals surface area (Å²) in [5.41, 5.74) is 3.18. The molecule has 0 amide bonds. The van der Waals surface area contributed by atoms with E-state index in [0.717, 1.165) is 28.7 Å². The minimum atomic E-state index is 0.608. The van der Waals surface area contributed by atoms with Gasteiger partial charge in [0.1, 0.15) is 5.75 Å². The molecule has 82 valence electrons. The third kappa shape index (κ3) is 1.65. The number of hydrogen-bond acceptors (Lipinski definition) is 3. The molecule has 0 aliphatic heterocycles. The predicted molar refractivity (Wildman–Crippen MR) is 63.2 cm³/mol. The lowest BCUT2D eigenvalue weighted by molar-refractivity contribution is 0.112. The lowest BCUT2D eigenvalue weighted by atomic mass is 10.1. The quantitative estimate of drug-likeness (QED) is 0.723. The Morgan fingerprint density at radius 2 is 2.00 bits per heavy atom. The van der Waals surface area contributed by atoms with Gasteiger partial charge in [-0.05, 0) is 31.5 Å². The number of rotatable bonds is 2. The van der Waals surface area contributed by atoms with Gasteiger partial charge < -0.3 is 4.74 Å². The number of aldehydes is 1. The monoisotopic (exact) mass is 215 g/mol. The van der Waals surface area contributed by atoms with E-state index >= 15 is 0 Å². The average molecular weight is 215 g/mol. The lowest BCUT2D eigenvalue weighted by Crippen LogP contribution is -1.95. The van der Waals surface area contributed by atoms with Gasteiger partial charge >= 0.3 is 0 Å². The largest absolute Gasteiger partial charge is 0.496 e. The van der Waals surface area contributed by atoms with Gasteiger partial charge in [-0.3, -0.25) is 9.78 Å². The van der Waals surface area contributed by atoms with Crippen LogP contribution in [0.5, 0.6) is 5.75 Å². The van der Waals surface area contributed by atoms with Crippen LogP contribution in [-0.2, 0) is 0 Å². The van der Waals surface area contributed by atoms with Gasteiger partial charge in [-0.2, -0.15) is 0 Å². The Balaban J connectivity index is 2.92. The van der Waals surface area contributed by atoms with Gasteiger partial charge in [-0.15, -0.1) is 0 Å². The zero-order valence-corrected chi connectivity index (χ0v) is 9.57. The van der Waals surface area contributed by atoms with E-state index in [1.165, 1.54) is 0 Å². The van der Waals surface area contributed by atoms with Crippen LogP contribution in [0.1, 0.15) is 21.6 Å². The van der Waals surface area contributed by atoms with Crippen LogP contribution in [0.4, 0.5) is 0 Å². The molecule has 0 aliphatic rings. The third-order valence-electron chi connectivity index (χ3n) is 2.52. The molecule has 0 spiro atoms. The molecule has 0 atom stereocenters. The Kier molecular flexibility index (Phi) is 2.60. The second-order valence-electron chi connectivity index (χ2n) is 3.83. The summed E-state index contributed by atoms with van der Waals surface area (Å²) in [6.45, 7) is 3.84. The first-order valence-electron chi connectivity index (χ1n) is 5.07. The van der Waals surface area contributed by atoms with Crippen LogP contribution in [0, 0.1) is 13.8 Å². The van der Waals surface area contributed by atoms with Crippen LogP contribution >= 0.6 is 0 Å². The molecule has 1 aromatic carbocycles. The highest BCUT2D eigenvalue weighted by molar-refractivity contribution is 5.98. The number of fused-ring (bicyclic) bond motifs is 1. The topological polar surface area (TPSA) is 39.2 Å². The zero-order valence-electron chi connectivity index (χ0n) is 9.57. The molecule has 0 saturated heterocycles. The highest BCUT2D eigenvalue weighted by Gasteiger charge is 2.09. The Hall–Kier alpha value is -1.90. The Bertz CT molecular complexity index is 561. The van der Waals surface area contributed by atoms with Crippen LogP contribution in [0.2, 0.25) is 0 Å². The van der Waals surface area contributed by atoms with E-state index in [1.54, 1.807) is 7.11 Å². The molecular formula is C13H13NO2. The van der Waals surface area contributed by atoms with Crippen molar-refractivity contribution in [1.29, 1.82) is 0 Å². The molecule has 0 saturated carbocycles. The maximum absolute atomic E-state index is 11.0. The van der Waals surface area contributed by atoms with Crippen LogP contribution < -0.4 is 4.74 Å². The molecule has 3 heteroatoms. The Morgan fingerprint density at radius 1 is 1.25 bits per heavy atom. The smallest absolute Gasteiger partial charge is 0.152 e. The van der Waals surface area contributed by atoms with Gasteiger partial charge in [0.05, 0.1) is 12.6 Å². The van der Waals surface area contributed by atoms with Crippen molar-refractivity contribution in [2.45, 2.75) is 13.8 Å². The highest BCUT2D eigenvalue weighted by Crippen LogP contribution is 2.28. The predicted octanol–water partition coefficient (Wildman–Crippen LogP) is 2.67. The van der Waals surface area contributed by atoms with E-state index < -0.39 is 0 Å². The second-order valence-corrected chi connectivity index (χ2v) is 3.83. The molecule has 0 aliphatic carbocycles. The first kappa shape index (κ1) is 10.6. The molecule has 0 unspecified atom stereocenters. The number of carbonyl (C=O) groups excluding carboxylic acids is 1. The van der Waals surface area contributed by atoms with E-state index in [0.29, 0.717) is 11.1 Å². The Morgan fingerprint density at radius 3 is 2.62 bits per heavy atom. The Labute approximate surface area is 94.1 Å². The molecule has 16 heavy (non-hydrogen) atoms. The average Bonchev–Trinajstić information content (AvgIpc) is 2.27. The normalized spacial score (nSPS) is 10.4. The second kappa shape index (κ2) is 3.93. The van der Waals surface area contributed by atoms with Crippen LogP contribution in [0.3, 0.4) is 0 Å². The summed E-state index contributed by atoms with van der Waals surface area (Å²) in [6, 6.07) is 5.69. The highest BCUT2D eigenvalue weighted by atomic mass is 16.5. The molecular weight excluding hydrogens is 202 g/mol. The van der Waals surface area contributed by atoms with Crippen molar-refractivity contribution in [2.75, 3.05) is 7.11 Å². The van der Waals surface area contributed by atoms with Crippen molar-refractivity contribution in [3.05, 3.63) is 35.0 Å². The van der Waals surface area contributed by atoms with Gasteiger partial charge in [-0.25, -0.2) is 0 Å². The molecule has 3 nitrogen and oxygen atoms in total. The number of nitrogens with zero attached hydrogens (tertiary/aromatic N) is 1. The van der Waals surface area contributed by atoms with Gasteiger partial charge in [0, 0.05) is 22.7 Å². The zero-order chi connectivity index (χ0) is 11.7. The van der Waals surface area contributed by atoms with E-state index in [1.807, 2.05) is 32.0 Å². The molecule has 1 heterocycles. The first-order chi connectivity index (χ1) is 7.65. The van der Waals surface area contributed by atoms with Crippen molar-refractivity contribution in [1.82, 2.24) is 4.98 Å². The number of pyridine rings is 1. The fourth-order valence-corrected chi connectivity index (χ4v) is 1.85. The van der Waals surface area contributed by atoms with E-state index in [9.17, 15) is 4.79 Å². The van der Waals surface area contributed by atoms with Crippen molar-refractivity contribution in [3.8, 4) is 5.75 Å². The minimum Gasteiger partial charge on any atom is -0.496 e. The summed E-state index contributed by atoms with van der Waals surface area (Å²) in [4.78, 5) is 15.4. The van der Waals surface area contributed by atoms with Crippen LogP contribution in [0.15, 0.2) is 18.2 Å². The summed E-state index contributed by atoms with van der Waals surface area (Å²) >= 11 is 0. The number of benzene rings is 1. The standard InChI is InChI=1S/C13H13NO2/c1-8-4-10(7-15)13-11(5-8)12(16-3)6-9(2)14-13/h4-7H,1-3H3. The molecule has 0 N–H and O–H groups in total. The van der Waals surface area contributed by atoms with Gasteiger partial charge in [0.2, 0.25) is 0 Å². The minimum absolute atomic E-state index is 0.608. The fraction of sp³-hybridized carbons (Fsp3) is 0.231. The molecule has 2 aromatic rings. The lowest BCUT2D eigenvalue weighted by Gasteiger charge is -2.09. The maximum atomic E-state index is 11.0. The molecule has 0 radical (unpaired) electrons. The molecule has 0 bridgehead atoms. The summed E-state index contributed by atoms with van der Waals surface area (Å²) in [7, 11) is 1.62. The molecule has 2 rings (SSSR count). The van der Waals surface area contributed by atoms with Crippen molar-refractivity contribution in [2.24, 2.45) is 0 Å². The van der Waals surface area contributed by atoms with Gasteiger partial charge in [-0.1, -0.05) is 0 Å². The number of aromatic nitrogens is 1. The number of carbonyl (C=O) groups is 1. The van der Waals surface area contributed by atoms with Crippen molar-refractivity contribution >= 4 is 17.2 Å². The summed E-state index contributed by atoms with van der Waals surface area (Å²) in [5.74, 6) is 0.759.